The summed E-state index contributed by atoms with van der Waals surface area (Å²) in [6.07, 6.45) is 0. The first-order chi connectivity index (χ1) is 13.4. The van der Waals surface area contributed by atoms with Gasteiger partial charge in [-0.15, -0.1) is 24.0 Å². The van der Waals surface area contributed by atoms with Crippen molar-refractivity contribution in [3.63, 3.8) is 0 Å². The van der Waals surface area contributed by atoms with Gasteiger partial charge in [0.2, 0.25) is 5.91 Å². The van der Waals surface area contributed by atoms with Gasteiger partial charge in [0.15, 0.2) is 5.96 Å². The number of hydrogen-bond donors (Lipinski definition) is 1. The van der Waals surface area contributed by atoms with Gasteiger partial charge in [0.05, 0.1) is 13.1 Å². The van der Waals surface area contributed by atoms with E-state index in [4.69, 9.17) is 4.99 Å². The van der Waals surface area contributed by atoms with Crippen molar-refractivity contribution in [1.82, 2.24) is 15.1 Å². The first-order valence-corrected chi connectivity index (χ1v) is 9.36. The summed E-state index contributed by atoms with van der Waals surface area (Å²) in [7, 11) is 9.55. The summed E-state index contributed by atoms with van der Waals surface area (Å²) in [4.78, 5) is 22.4. The van der Waals surface area contributed by atoms with E-state index in [2.05, 4.69) is 34.5 Å². The van der Waals surface area contributed by atoms with E-state index in [-0.39, 0.29) is 36.4 Å². The third-order valence-electron chi connectivity index (χ3n) is 4.36. The van der Waals surface area contributed by atoms with Gasteiger partial charge in [-0.1, -0.05) is 42.5 Å². The summed E-state index contributed by atoms with van der Waals surface area (Å²) < 4.78 is 0. The SMILES string of the molecule is CN(C)C(=O)CNC(=NCc1ccccc1)N(C)Cc1cccc(N(C)C)c1.I. The lowest BCUT2D eigenvalue weighted by atomic mass is 10.2. The topological polar surface area (TPSA) is 51.2 Å². The van der Waals surface area contributed by atoms with Crippen molar-refractivity contribution in [2.24, 2.45) is 4.99 Å². The highest BCUT2D eigenvalue weighted by Gasteiger charge is 2.11. The zero-order valence-electron chi connectivity index (χ0n) is 17.9. The molecule has 0 spiro atoms. The van der Waals surface area contributed by atoms with Gasteiger partial charge in [0.25, 0.3) is 0 Å². The van der Waals surface area contributed by atoms with Crippen molar-refractivity contribution in [2.75, 3.05) is 46.7 Å². The van der Waals surface area contributed by atoms with E-state index < -0.39 is 0 Å². The minimum absolute atomic E-state index is 0. The van der Waals surface area contributed by atoms with E-state index in [9.17, 15) is 4.79 Å². The lowest BCUT2D eigenvalue weighted by Gasteiger charge is -2.24. The number of rotatable bonds is 7. The van der Waals surface area contributed by atoms with Crippen LogP contribution in [-0.4, -0.2) is 63.4 Å². The Hall–Kier alpha value is -2.29. The molecule has 0 aliphatic rings. The predicted molar refractivity (Wildman–Crippen MR) is 132 cm³/mol. The van der Waals surface area contributed by atoms with Gasteiger partial charge in [-0.05, 0) is 23.3 Å². The zero-order valence-corrected chi connectivity index (χ0v) is 20.3. The van der Waals surface area contributed by atoms with Crippen LogP contribution in [0.2, 0.25) is 0 Å². The highest BCUT2D eigenvalue weighted by Crippen LogP contribution is 2.14. The average Bonchev–Trinajstić information content (AvgIpc) is 2.68. The smallest absolute Gasteiger partial charge is 0.241 e. The molecule has 7 heteroatoms. The molecule has 1 amide bonds. The van der Waals surface area contributed by atoms with Crippen LogP contribution in [-0.2, 0) is 17.9 Å². The Kier molecular flexibility index (Phi) is 10.5. The maximum Gasteiger partial charge on any atom is 0.241 e. The van der Waals surface area contributed by atoms with E-state index in [1.54, 1.807) is 19.0 Å². The third-order valence-corrected chi connectivity index (χ3v) is 4.36. The quantitative estimate of drug-likeness (QED) is 0.354. The van der Waals surface area contributed by atoms with Gasteiger partial charge in [-0.2, -0.15) is 0 Å². The van der Waals surface area contributed by atoms with Crippen molar-refractivity contribution in [3.05, 3.63) is 65.7 Å². The summed E-state index contributed by atoms with van der Waals surface area (Å²) in [5.41, 5.74) is 3.47. The largest absolute Gasteiger partial charge is 0.378 e. The summed E-state index contributed by atoms with van der Waals surface area (Å²) in [6.45, 7) is 1.46. The molecular weight excluding hydrogens is 477 g/mol. The highest BCUT2D eigenvalue weighted by molar-refractivity contribution is 14.0. The number of amides is 1. The lowest BCUT2D eigenvalue weighted by Crippen LogP contribution is -2.43. The van der Waals surface area contributed by atoms with Crippen LogP contribution in [0.25, 0.3) is 0 Å². The Balaban J connectivity index is 0.00000420. The van der Waals surface area contributed by atoms with Gasteiger partial charge >= 0.3 is 0 Å². The first kappa shape index (κ1) is 24.7. The van der Waals surface area contributed by atoms with Crippen LogP contribution in [0.3, 0.4) is 0 Å². The molecule has 0 saturated carbocycles. The van der Waals surface area contributed by atoms with Crippen molar-refractivity contribution >= 4 is 41.5 Å². The zero-order chi connectivity index (χ0) is 20.5. The molecule has 2 aromatic rings. The van der Waals surface area contributed by atoms with Crippen LogP contribution in [0.1, 0.15) is 11.1 Å². The van der Waals surface area contributed by atoms with Crippen LogP contribution in [0, 0.1) is 0 Å². The van der Waals surface area contributed by atoms with Gasteiger partial charge < -0.3 is 20.0 Å². The monoisotopic (exact) mass is 509 g/mol. The predicted octanol–water partition coefficient (Wildman–Crippen LogP) is 3.04. The van der Waals surface area contributed by atoms with Crippen LogP contribution in [0.15, 0.2) is 59.6 Å². The molecule has 6 nitrogen and oxygen atoms in total. The average molecular weight is 509 g/mol. The van der Waals surface area contributed by atoms with Gasteiger partial charge in [0.1, 0.15) is 0 Å². The fourth-order valence-corrected chi connectivity index (χ4v) is 2.66. The lowest BCUT2D eigenvalue weighted by molar-refractivity contribution is -0.127. The number of aliphatic imine (C=N–C) groups is 1. The maximum absolute atomic E-state index is 12.0. The summed E-state index contributed by atoms with van der Waals surface area (Å²) in [6, 6.07) is 18.5. The van der Waals surface area contributed by atoms with Crippen LogP contribution < -0.4 is 10.2 Å². The molecule has 2 aromatic carbocycles. The number of nitrogens with one attached hydrogen (secondary N) is 1. The molecule has 0 atom stereocenters. The van der Waals surface area contributed by atoms with Gasteiger partial charge in [-0.25, -0.2) is 4.99 Å². The van der Waals surface area contributed by atoms with E-state index in [0.29, 0.717) is 19.0 Å². The molecule has 2 rings (SSSR count). The molecule has 0 aliphatic heterocycles. The number of halogens is 1. The number of hydrogen-bond acceptors (Lipinski definition) is 3. The molecule has 158 valence electrons. The Morgan fingerprint density at radius 3 is 2.21 bits per heavy atom. The maximum atomic E-state index is 12.0. The minimum atomic E-state index is 0. The van der Waals surface area contributed by atoms with Crippen molar-refractivity contribution in [2.45, 2.75) is 13.1 Å². The van der Waals surface area contributed by atoms with Gasteiger partial charge in [0, 0.05) is 47.5 Å². The van der Waals surface area contributed by atoms with E-state index in [1.807, 2.05) is 56.4 Å². The minimum Gasteiger partial charge on any atom is -0.378 e. The molecule has 0 radical (unpaired) electrons. The summed E-state index contributed by atoms with van der Waals surface area (Å²) >= 11 is 0. The van der Waals surface area contributed by atoms with Crippen molar-refractivity contribution in [1.29, 1.82) is 0 Å². The standard InChI is InChI=1S/C22H31N5O.HI/c1-25(2)20-13-9-12-19(14-20)17-27(5)22(24-16-21(28)26(3)4)23-15-18-10-7-6-8-11-18;/h6-14H,15-17H2,1-5H3,(H,23,24);1H. The summed E-state index contributed by atoms with van der Waals surface area (Å²) in [5, 5.41) is 3.20. The van der Waals surface area contributed by atoms with Crippen molar-refractivity contribution < 1.29 is 4.79 Å². The number of benzene rings is 2. The fourth-order valence-electron chi connectivity index (χ4n) is 2.66. The Morgan fingerprint density at radius 2 is 1.59 bits per heavy atom. The molecule has 0 fully saturated rings. The molecule has 0 aromatic heterocycles. The number of carbonyl (C=O) groups excluding carboxylic acids is 1. The number of anilines is 1. The number of nitrogens with zero attached hydrogens (tertiary/aromatic N) is 4. The molecule has 29 heavy (non-hydrogen) atoms. The number of guanidine groups is 1. The van der Waals surface area contributed by atoms with E-state index >= 15 is 0 Å². The van der Waals surface area contributed by atoms with Crippen LogP contribution >= 0.6 is 24.0 Å². The second-order valence-corrected chi connectivity index (χ2v) is 7.19. The second-order valence-electron chi connectivity index (χ2n) is 7.19. The Bertz CT molecular complexity index is 793. The normalized spacial score (nSPS) is 10.7. The molecular formula is C22H32IN5O. The first-order valence-electron chi connectivity index (χ1n) is 9.36. The molecule has 1 N–H and O–H groups in total. The number of carbonyl (C=O) groups is 1. The van der Waals surface area contributed by atoms with Gasteiger partial charge in [-0.3, -0.25) is 4.79 Å². The summed E-state index contributed by atoms with van der Waals surface area (Å²) in [5.74, 6) is 0.713. The number of likely N-dealkylation sites (N-methyl/N-ethyl adjacent to an activating group) is 1. The van der Waals surface area contributed by atoms with Crippen molar-refractivity contribution in [3.8, 4) is 0 Å². The fraction of sp³-hybridized carbons (Fsp3) is 0.364. The molecule has 0 saturated heterocycles. The van der Waals surface area contributed by atoms with Crippen LogP contribution in [0.5, 0.6) is 0 Å². The highest BCUT2D eigenvalue weighted by atomic mass is 127. The van der Waals surface area contributed by atoms with E-state index in [1.165, 1.54) is 5.56 Å². The molecule has 0 bridgehead atoms. The van der Waals surface area contributed by atoms with E-state index in [0.717, 1.165) is 11.3 Å². The van der Waals surface area contributed by atoms with Crippen LogP contribution in [0.4, 0.5) is 5.69 Å². The molecule has 0 aliphatic carbocycles. The molecule has 0 heterocycles. The third kappa shape index (κ3) is 8.31. The molecule has 0 unspecified atom stereocenters. The Labute approximate surface area is 191 Å². The Morgan fingerprint density at radius 1 is 0.931 bits per heavy atom. The second kappa shape index (κ2) is 12.3.